The Hall–Kier alpha value is -1.29. The fraction of sp³-hybridized carbons (Fsp3) is 0.444. The molecule has 0 unspecified atom stereocenters. The first-order valence-electron chi connectivity index (χ1n) is 4.37. The molecule has 0 aliphatic carbocycles. The fourth-order valence-electron chi connectivity index (χ4n) is 1.48. The van der Waals surface area contributed by atoms with Crippen molar-refractivity contribution in [2.24, 2.45) is 0 Å². The number of aliphatic hydroxyl groups is 1. The van der Waals surface area contributed by atoms with E-state index in [1.54, 1.807) is 0 Å². The van der Waals surface area contributed by atoms with Gasteiger partial charge in [0.05, 0.1) is 18.0 Å². The number of fused-ring (bicyclic) bond motifs is 1. The van der Waals surface area contributed by atoms with Crippen LogP contribution < -0.4 is 10.2 Å². The Balaban J connectivity index is 2.39. The maximum absolute atomic E-state index is 8.90. The standard InChI is InChI=1S/C9H13N3O/c1-12-5-4-10-9-8(12)3-2-7(6-13)11-9/h2-3,13H,4-6H2,1H3,(H,10,11). The zero-order chi connectivity index (χ0) is 9.26. The lowest BCUT2D eigenvalue weighted by Gasteiger charge is -2.27. The molecule has 1 aromatic heterocycles. The van der Waals surface area contributed by atoms with Crippen LogP contribution in [0.1, 0.15) is 5.69 Å². The van der Waals surface area contributed by atoms with E-state index in [2.05, 4.69) is 15.2 Å². The number of aromatic nitrogens is 1. The molecule has 4 heteroatoms. The summed E-state index contributed by atoms with van der Waals surface area (Å²) in [5.74, 6) is 0.875. The van der Waals surface area contributed by atoms with Crippen molar-refractivity contribution in [1.29, 1.82) is 0 Å². The minimum absolute atomic E-state index is 0.00132. The predicted molar refractivity (Wildman–Crippen MR) is 51.9 cm³/mol. The van der Waals surface area contributed by atoms with Gasteiger partial charge >= 0.3 is 0 Å². The molecule has 4 nitrogen and oxygen atoms in total. The number of rotatable bonds is 1. The molecule has 13 heavy (non-hydrogen) atoms. The summed E-state index contributed by atoms with van der Waals surface area (Å²) in [7, 11) is 2.04. The molecule has 2 rings (SSSR count). The highest BCUT2D eigenvalue weighted by Crippen LogP contribution is 2.25. The first kappa shape index (κ1) is 8.31. The van der Waals surface area contributed by atoms with Crippen LogP contribution >= 0.6 is 0 Å². The third-order valence-electron chi connectivity index (χ3n) is 2.24. The molecule has 0 amide bonds. The van der Waals surface area contributed by atoms with Gasteiger partial charge in [-0.15, -0.1) is 0 Å². The largest absolute Gasteiger partial charge is 0.390 e. The van der Waals surface area contributed by atoms with Crippen LogP contribution in [0.2, 0.25) is 0 Å². The average Bonchev–Trinajstić information content (AvgIpc) is 2.18. The van der Waals surface area contributed by atoms with E-state index in [1.807, 2.05) is 19.2 Å². The summed E-state index contributed by atoms with van der Waals surface area (Å²) in [4.78, 5) is 6.43. The van der Waals surface area contributed by atoms with Gasteiger partial charge in [-0.1, -0.05) is 0 Å². The Morgan fingerprint density at radius 1 is 1.62 bits per heavy atom. The fourth-order valence-corrected chi connectivity index (χ4v) is 1.48. The van der Waals surface area contributed by atoms with Crippen molar-refractivity contribution in [3.05, 3.63) is 17.8 Å². The second kappa shape index (κ2) is 3.22. The molecule has 0 aromatic carbocycles. The highest BCUT2D eigenvalue weighted by molar-refractivity contribution is 5.67. The number of nitrogens with zero attached hydrogens (tertiary/aromatic N) is 2. The molecule has 1 aliphatic rings. The molecule has 2 heterocycles. The van der Waals surface area contributed by atoms with E-state index in [0.29, 0.717) is 5.69 Å². The van der Waals surface area contributed by atoms with Crippen molar-refractivity contribution in [2.75, 3.05) is 30.4 Å². The summed E-state index contributed by atoms with van der Waals surface area (Å²) in [5, 5.41) is 12.1. The predicted octanol–water partition coefficient (Wildman–Crippen LogP) is 0.436. The summed E-state index contributed by atoms with van der Waals surface area (Å²) < 4.78 is 0. The molecule has 0 spiro atoms. The molecule has 0 radical (unpaired) electrons. The first-order chi connectivity index (χ1) is 6.31. The second-order valence-electron chi connectivity index (χ2n) is 3.18. The van der Waals surface area contributed by atoms with Gasteiger partial charge in [-0.25, -0.2) is 4.98 Å². The number of hydrogen-bond donors (Lipinski definition) is 2. The van der Waals surface area contributed by atoms with Gasteiger partial charge in [0.2, 0.25) is 0 Å². The van der Waals surface area contributed by atoms with E-state index in [1.165, 1.54) is 0 Å². The molecule has 0 bridgehead atoms. The van der Waals surface area contributed by atoms with Crippen molar-refractivity contribution in [1.82, 2.24) is 4.98 Å². The lowest BCUT2D eigenvalue weighted by Crippen LogP contribution is -2.31. The van der Waals surface area contributed by atoms with Crippen LogP contribution in [0.3, 0.4) is 0 Å². The van der Waals surface area contributed by atoms with Crippen molar-refractivity contribution >= 4 is 11.5 Å². The van der Waals surface area contributed by atoms with Crippen molar-refractivity contribution in [2.45, 2.75) is 6.61 Å². The van der Waals surface area contributed by atoms with Crippen LogP contribution in [0.5, 0.6) is 0 Å². The van der Waals surface area contributed by atoms with Crippen LogP contribution in [0.25, 0.3) is 0 Å². The summed E-state index contributed by atoms with van der Waals surface area (Å²) in [6.07, 6.45) is 0. The normalized spacial score (nSPS) is 15.1. The summed E-state index contributed by atoms with van der Waals surface area (Å²) >= 11 is 0. The van der Waals surface area contributed by atoms with Crippen LogP contribution in [-0.4, -0.2) is 30.2 Å². The number of anilines is 2. The summed E-state index contributed by atoms with van der Waals surface area (Å²) in [6.45, 7) is 1.90. The van der Waals surface area contributed by atoms with Gasteiger partial charge in [0.25, 0.3) is 0 Å². The van der Waals surface area contributed by atoms with E-state index < -0.39 is 0 Å². The maximum atomic E-state index is 8.90. The lowest BCUT2D eigenvalue weighted by atomic mass is 10.2. The third kappa shape index (κ3) is 1.45. The Labute approximate surface area is 77.2 Å². The van der Waals surface area contributed by atoms with E-state index >= 15 is 0 Å². The third-order valence-corrected chi connectivity index (χ3v) is 2.24. The van der Waals surface area contributed by atoms with Gasteiger partial charge in [0, 0.05) is 20.1 Å². The monoisotopic (exact) mass is 179 g/mol. The van der Waals surface area contributed by atoms with Gasteiger partial charge in [-0.2, -0.15) is 0 Å². The van der Waals surface area contributed by atoms with E-state index in [4.69, 9.17) is 5.11 Å². The number of nitrogens with one attached hydrogen (secondary N) is 1. The molecule has 1 aromatic rings. The number of likely N-dealkylation sites (N-methyl/N-ethyl adjacent to an activating group) is 1. The highest BCUT2D eigenvalue weighted by Gasteiger charge is 2.13. The van der Waals surface area contributed by atoms with Gasteiger partial charge in [0.15, 0.2) is 0 Å². The Morgan fingerprint density at radius 3 is 3.23 bits per heavy atom. The summed E-state index contributed by atoms with van der Waals surface area (Å²) in [5.41, 5.74) is 1.81. The molecular formula is C9H13N3O. The minimum Gasteiger partial charge on any atom is -0.390 e. The topological polar surface area (TPSA) is 48.4 Å². The highest BCUT2D eigenvalue weighted by atomic mass is 16.3. The van der Waals surface area contributed by atoms with E-state index in [0.717, 1.165) is 24.6 Å². The van der Waals surface area contributed by atoms with Gasteiger partial charge in [0.1, 0.15) is 5.82 Å². The first-order valence-corrected chi connectivity index (χ1v) is 4.37. The van der Waals surface area contributed by atoms with Crippen LogP contribution in [0.4, 0.5) is 11.5 Å². The lowest BCUT2D eigenvalue weighted by molar-refractivity contribution is 0.277. The van der Waals surface area contributed by atoms with Crippen molar-refractivity contribution < 1.29 is 5.11 Å². The molecule has 70 valence electrons. The van der Waals surface area contributed by atoms with E-state index in [-0.39, 0.29) is 6.61 Å². The Kier molecular flexibility index (Phi) is 2.06. The molecule has 0 fully saturated rings. The molecule has 0 saturated heterocycles. The quantitative estimate of drug-likeness (QED) is 0.656. The molecule has 0 saturated carbocycles. The van der Waals surface area contributed by atoms with Crippen LogP contribution in [-0.2, 0) is 6.61 Å². The van der Waals surface area contributed by atoms with Crippen LogP contribution in [0, 0.1) is 0 Å². The van der Waals surface area contributed by atoms with E-state index in [9.17, 15) is 0 Å². The Morgan fingerprint density at radius 2 is 2.46 bits per heavy atom. The zero-order valence-corrected chi connectivity index (χ0v) is 7.62. The summed E-state index contributed by atoms with van der Waals surface area (Å²) in [6, 6.07) is 3.84. The SMILES string of the molecule is CN1CCNc2nc(CO)ccc21. The molecule has 2 N–H and O–H groups in total. The maximum Gasteiger partial charge on any atom is 0.150 e. The second-order valence-corrected chi connectivity index (χ2v) is 3.18. The zero-order valence-electron chi connectivity index (χ0n) is 7.62. The number of pyridine rings is 1. The minimum atomic E-state index is -0.00132. The van der Waals surface area contributed by atoms with Gasteiger partial charge in [-0.05, 0) is 12.1 Å². The average molecular weight is 179 g/mol. The van der Waals surface area contributed by atoms with Gasteiger partial charge < -0.3 is 15.3 Å². The number of hydrogen-bond acceptors (Lipinski definition) is 4. The Bertz CT molecular complexity index is 314. The van der Waals surface area contributed by atoms with Crippen LogP contribution in [0.15, 0.2) is 12.1 Å². The molecule has 1 aliphatic heterocycles. The molecule has 0 atom stereocenters. The molecular weight excluding hydrogens is 166 g/mol. The smallest absolute Gasteiger partial charge is 0.150 e. The number of aliphatic hydroxyl groups excluding tert-OH is 1. The van der Waals surface area contributed by atoms with Gasteiger partial charge in [-0.3, -0.25) is 0 Å². The van der Waals surface area contributed by atoms with Crippen molar-refractivity contribution in [3.8, 4) is 0 Å². The van der Waals surface area contributed by atoms with Crippen molar-refractivity contribution in [3.63, 3.8) is 0 Å².